The Kier molecular flexibility index (Phi) is 14.0. The summed E-state index contributed by atoms with van der Waals surface area (Å²) >= 11 is 5.43. The van der Waals surface area contributed by atoms with Gasteiger partial charge in [-0.15, -0.1) is 0 Å². The number of amidine groups is 1. The smallest absolute Gasteiger partial charge is 0.263 e. The predicted octanol–water partition coefficient (Wildman–Crippen LogP) is 6.02. The second kappa shape index (κ2) is 17.3. The zero-order chi connectivity index (χ0) is 36.5. The molecule has 0 amide bonds. The summed E-state index contributed by atoms with van der Waals surface area (Å²) in [5, 5.41) is 2.33. The van der Waals surface area contributed by atoms with Crippen molar-refractivity contribution in [2.75, 3.05) is 32.5 Å². The van der Waals surface area contributed by atoms with Gasteiger partial charge in [0.2, 0.25) is 0 Å². The van der Waals surface area contributed by atoms with Crippen molar-refractivity contribution in [1.29, 1.82) is 0 Å². The number of aryl methyl sites for hydroxylation is 1. The number of sulfonamides is 1. The highest BCUT2D eigenvalue weighted by Crippen LogP contribution is 2.35. The molecule has 0 unspecified atom stereocenters. The Labute approximate surface area is 299 Å². The predicted molar refractivity (Wildman–Crippen MR) is 202 cm³/mol. The van der Waals surface area contributed by atoms with Crippen molar-refractivity contribution in [3.8, 4) is 11.1 Å². The van der Waals surface area contributed by atoms with Gasteiger partial charge in [0.05, 0.1) is 32.2 Å². The highest BCUT2D eigenvalue weighted by molar-refractivity contribution is 7.92. The number of aliphatic imine (C=N–C) groups is 1. The lowest BCUT2D eigenvalue weighted by Crippen LogP contribution is -2.48. The molecule has 3 aromatic rings. The number of carbonyl (C=O) groups excluding carboxylic acids is 1. The molecule has 0 saturated heterocycles. The Bertz CT molecular complexity index is 1820. The average molecular weight is 702 g/mol. The van der Waals surface area contributed by atoms with Gasteiger partial charge in [-0.05, 0) is 62.2 Å². The summed E-state index contributed by atoms with van der Waals surface area (Å²) in [5.74, 6) is 1.25. The molecule has 0 atom stereocenters. The summed E-state index contributed by atoms with van der Waals surface area (Å²) in [7, 11) is 15.2. The van der Waals surface area contributed by atoms with Gasteiger partial charge in [-0.25, -0.2) is 13.4 Å². The van der Waals surface area contributed by atoms with Crippen molar-refractivity contribution < 1.29 is 22.5 Å². The molecule has 0 spiro atoms. The third-order valence-corrected chi connectivity index (χ3v) is 10.2. The van der Waals surface area contributed by atoms with Crippen molar-refractivity contribution >= 4 is 60.9 Å². The number of allylic oxidation sites excluding steroid dienone is 1. The maximum absolute atomic E-state index is 13.7. The van der Waals surface area contributed by atoms with E-state index in [0.717, 1.165) is 19.1 Å². The minimum Gasteiger partial charge on any atom is -0.377 e. The molecular weight excluding hydrogens is 656 g/mol. The zero-order valence-electron chi connectivity index (χ0n) is 29.7. The molecule has 258 valence electrons. The minimum atomic E-state index is -4.07. The average Bonchev–Trinajstić information content (AvgIpc) is 3.38. The van der Waals surface area contributed by atoms with Crippen molar-refractivity contribution in [2.45, 2.75) is 77.1 Å². The van der Waals surface area contributed by atoms with Gasteiger partial charge in [0.25, 0.3) is 10.0 Å². The Morgan fingerprint density at radius 2 is 1.82 bits per heavy atom. The third-order valence-electron chi connectivity index (χ3n) is 8.32. The molecule has 0 aliphatic heterocycles. The minimum absolute atomic E-state index is 0.0559. The first-order valence-corrected chi connectivity index (χ1v) is 18.0. The van der Waals surface area contributed by atoms with Gasteiger partial charge in [0.15, 0.2) is 5.82 Å². The number of aldehydes is 1. The number of ether oxygens (including phenoxy) is 1. The van der Waals surface area contributed by atoms with Crippen LogP contribution in [0.15, 0.2) is 68.1 Å². The van der Waals surface area contributed by atoms with E-state index in [2.05, 4.69) is 16.8 Å². The van der Waals surface area contributed by atoms with E-state index < -0.39 is 15.4 Å². The van der Waals surface area contributed by atoms with Crippen LogP contribution < -0.4 is 4.72 Å². The SMILES string of the molecule is [B]C([B])(c1ccc(-c2ccccc2S(=O)(=O)Nc2noc(C)c2C)c(COCC)c1)N(C)C(CCCC)=N/C(C)=C(\C=O)CC(=S)N(C)C. The maximum Gasteiger partial charge on any atom is 0.263 e. The van der Waals surface area contributed by atoms with Gasteiger partial charge in [-0.2, -0.15) is 0 Å². The van der Waals surface area contributed by atoms with Crippen LogP contribution in [0.3, 0.4) is 0 Å². The standard InChI is InChI=1S/C35H45B2N5O5S2/c1-9-11-16-32(38-24(4)26(21-43)20-33(48)41(6)7)42(8)35(36,37)28-17-18-29(27(19-28)22-46-10-2)30-14-12-13-15-31(30)49(44,45)40-34-23(3)25(5)47-39-34/h12-15,17-19,21H,9-11,16,20,22H2,1-8H3,(H,39,40)/b26-24-,38-32?. The topological polar surface area (TPSA) is 117 Å². The Hall–Kier alpha value is -3.74. The lowest BCUT2D eigenvalue weighted by molar-refractivity contribution is -0.105. The van der Waals surface area contributed by atoms with Crippen LogP contribution in [0, 0.1) is 13.8 Å². The van der Waals surface area contributed by atoms with Gasteiger partial charge < -0.3 is 19.1 Å². The third kappa shape index (κ3) is 9.70. The molecule has 1 N–H and O–H groups in total. The van der Waals surface area contributed by atoms with E-state index >= 15 is 0 Å². The van der Waals surface area contributed by atoms with Gasteiger partial charge in [0.1, 0.15) is 17.9 Å². The molecule has 2 aromatic carbocycles. The van der Waals surface area contributed by atoms with Crippen LogP contribution in [-0.2, 0) is 31.5 Å². The quantitative estimate of drug-likeness (QED) is 0.0478. The van der Waals surface area contributed by atoms with E-state index in [1.807, 2.05) is 27.1 Å². The molecule has 0 bridgehead atoms. The van der Waals surface area contributed by atoms with Crippen molar-refractivity contribution in [1.82, 2.24) is 15.0 Å². The number of thiocarbonyl (C=S) groups is 1. The molecule has 0 aliphatic rings. The molecule has 10 nitrogen and oxygen atoms in total. The first-order chi connectivity index (χ1) is 23.1. The maximum atomic E-state index is 13.7. The summed E-state index contributed by atoms with van der Waals surface area (Å²) in [6.45, 7) is 9.78. The van der Waals surface area contributed by atoms with E-state index in [1.54, 1.807) is 68.0 Å². The molecule has 3 rings (SSSR count). The number of benzene rings is 2. The molecule has 1 aromatic heterocycles. The molecule has 0 fully saturated rings. The number of nitrogens with one attached hydrogen (secondary N) is 1. The van der Waals surface area contributed by atoms with E-state index in [4.69, 9.17) is 42.2 Å². The summed E-state index contributed by atoms with van der Waals surface area (Å²) in [6, 6.07) is 12.1. The number of anilines is 1. The first-order valence-electron chi connectivity index (χ1n) is 16.1. The van der Waals surface area contributed by atoms with Gasteiger partial charge in [0, 0.05) is 63.0 Å². The van der Waals surface area contributed by atoms with E-state index in [-0.39, 0.29) is 23.7 Å². The Morgan fingerprint density at radius 3 is 2.41 bits per heavy atom. The molecule has 49 heavy (non-hydrogen) atoms. The van der Waals surface area contributed by atoms with Crippen LogP contribution in [0.5, 0.6) is 0 Å². The summed E-state index contributed by atoms with van der Waals surface area (Å²) in [4.78, 5) is 21.0. The fourth-order valence-electron chi connectivity index (χ4n) is 4.94. The van der Waals surface area contributed by atoms with Crippen LogP contribution in [0.1, 0.15) is 68.9 Å². The summed E-state index contributed by atoms with van der Waals surface area (Å²) < 4.78 is 40.9. The molecule has 1 heterocycles. The van der Waals surface area contributed by atoms with Crippen LogP contribution in [0.2, 0.25) is 0 Å². The number of unbranched alkanes of at least 4 members (excludes halogenated alkanes) is 1. The van der Waals surface area contributed by atoms with Gasteiger partial charge in [-0.1, -0.05) is 67.1 Å². The van der Waals surface area contributed by atoms with Gasteiger partial charge >= 0.3 is 0 Å². The molecule has 14 heteroatoms. The normalized spacial score (nSPS) is 12.8. The monoisotopic (exact) mass is 701 g/mol. The van der Waals surface area contributed by atoms with E-state index in [9.17, 15) is 13.2 Å². The Balaban J connectivity index is 2.11. The van der Waals surface area contributed by atoms with Gasteiger partial charge in [-0.3, -0.25) is 9.52 Å². The lowest BCUT2D eigenvalue weighted by Gasteiger charge is -2.40. The molecule has 4 radical (unpaired) electrons. The van der Waals surface area contributed by atoms with Crippen LogP contribution in [0.25, 0.3) is 11.1 Å². The second-order valence-corrected chi connectivity index (χ2v) is 14.2. The number of aromatic nitrogens is 1. The molecule has 0 saturated carbocycles. The van der Waals surface area contributed by atoms with E-state index in [0.29, 0.717) is 68.7 Å². The first kappa shape index (κ1) is 39.7. The van der Waals surface area contributed by atoms with Crippen LogP contribution in [-0.4, -0.2) is 83.9 Å². The second-order valence-electron chi connectivity index (χ2n) is 12.0. The number of rotatable bonds is 16. The highest BCUT2D eigenvalue weighted by Gasteiger charge is 2.29. The summed E-state index contributed by atoms with van der Waals surface area (Å²) in [5.41, 5.74) is 3.94. The summed E-state index contributed by atoms with van der Waals surface area (Å²) in [6.07, 6.45) is 3.36. The number of carbonyl (C=O) groups is 1. The van der Waals surface area contributed by atoms with Crippen LogP contribution >= 0.6 is 12.2 Å². The highest BCUT2D eigenvalue weighted by atomic mass is 32.2. The largest absolute Gasteiger partial charge is 0.377 e. The lowest BCUT2D eigenvalue weighted by atomic mass is 9.56. The fourth-order valence-corrected chi connectivity index (χ4v) is 6.37. The van der Waals surface area contributed by atoms with Crippen molar-refractivity contribution in [2.24, 2.45) is 4.99 Å². The number of hydrogen-bond donors (Lipinski definition) is 1. The fraction of sp³-hybridized carbons (Fsp3) is 0.429. The van der Waals surface area contributed by atoms with Crippen molar-refractivity contribution in [3.05, 3.63) is 76.2 Å². The molecular formula is C35H45B2N5O5S2. The van der Waals surface area contributed by atoms with Crippen molar-refractivity contribution in [3.63, 3.8) is 0 Å². The Morgan fingerprint density at radius 1 is 1.12 bits per heavy atom. The number of hydrogen-bond acceptors (Lipinski definition) is 8. The molecule has 0 aliphatic carbocycles. The van der Waals surface area contributed by atoms with E-state index in [1.165, 1.54) is 6.07 Å². The zero-order valence-corrected chi connectivity index (χ0v) is 31.3. The number of nitrogens with zero attached hydrogens (tertiary/aromatic N) is 4. The van der Waals surface area contributed by atoms with Crippen LogP contribution in [0.4, 0.5) is 5.82 Å².